The molecule has 0 N–H and O–H groups in total. The fourth-order valence-corrected chi connectivity index (χ4v) is 2.34. The van der Waals surface area contributed by atoms with Crippen molar-refractivity contribution in [3.8, 4) is 17.0 Å². The fraction of sp³-hybridized carbons (Fsp3) is 0.250. The lowest BCUT2D eigenvalue weighted by atomic mass is 10.1. The zero-order valence-corrected chi connectivity index (χ0v) is 11.7. The van der Waals surface area contributed by atoms with E-state index >= 15 is 0 Å². The molecule has 0 amide bonds. The second kappa shape index (κ2) is 4.68. The Bertz CT molecular complexity index is 611. The fourth-order valence-electron chi connectivity index (χ4n) is 1.79. The van der Waals surface area contributed by atoms with Gasteiger partial charge in [0, 0.05) is 18.7 Å². The van der Waals surface area contributed by atoms with Crippen molar-refractivity contribution in [2.45, 2.75) is 6.92 Å². The van der Waals surface area contributed by atoms with Gasteiger partial charge in [-0.2, -0.15) is 5.10 Å². The van der Waals surface area contributed by atoms with Gasteiger partial charge < -0.3 is 4.74 Å². The van der Waals surface area contributed by atoms with Crippen LogP contribution in [0.25, 0.3) is 11.3 Å². The Hall–Kier alpha value is -1.43. The van der Waals surface area contributed by atoms with Gasteiger partial charge in [0.05, 0.1) is 23.0 Å². The van der Waals surface area contributed by atoms with Crippen LogP contribution in [0.2, 0.25) is 0 Å². The van der Waals surface area contributed by atoms with Crippen molar-refractivity contribution < 1.29 is 13.5 Å². The Labute approximate surface area is 112 Å². The molecular weight excluding hydrogens is 306 g/mol. The zero-order chi connectivity index (χ0) is 13.4. The summed E-state index contributed by atoms with van der Waals surface area (Å²) in [5.41, 5.74) is 1.35. The monoisotopic (exact) mass is 316 g/mol. The number of hydrogen-bond donors (Lipinski definition) is 0. The standard InChI is InChI=1S/C12H11BrF2N2O/c1-6-11(13)12(17(2)16-6)7-4-9(15)10(18-3)5-8(7)14/h4-5H,1-3H3. The SMILES string of the molecule is COc1cc(F)c(-c2c(Br)c(C)nn2C)cc1F. The summed E-state index contributed by atoms with van der Waals surface area (Å²) >= 11 is 3.33. The molecule has 0 aliphatic carbocycles. The lowest BCUT2D eigenvalue weighted by molar-refractivity contribution is 0.383. The smallest absolute Gasteiger partial charge is 0.165 e. The van der Waals surface area contributed by atoms with E-state index in [1.165, 1.54) is 11.8 Å². The van der Waals surface area contributed by atoms with Gasteiger partial charge in [0.25, 0.3) is 0 Å². The summed E-state index contributed by atoms with van der Waals surface area (Å²) in [6, 6.07) is 2.13. The van der Waals surface area contributed by atoms with Gasteiger partial charge in [-0.1, -0.05) is 0 Å². The molecule has 0 spiro atoms. The van der Waals surface area contributed by atoms with Crippen LogP contribution in [0.3, 0.4) is 0 Å². The largest absolute Gasteiger partial charge is 0.494 e. The summed E-state index contributed by atoms with van der Waals surface area (Å²) < 4.78 is 34.5. The molecule has 0 bridgehead atoms. The van der Waals surface area contributed by atoms with Crippen LogP contribution in [0.1, 0.15) is 5.69 Å². The van der Waals surface area contributed by atoms with Crippen LogP contribution in [0.4, 0.5) is 8.78 Å². The number of benzene rings is 1. The van der Waals surface area contributed by atoms with Gasteiger partial charge in [0.2, 0.25) is 0 Å². The van der Waals surface area contributed by atoms with E-state index in [1.807, 2.05) is 0 Å². The molecule has 6 heteroatoms. The minimum Gasteiger partial charge on any atom is -0.494 e. The highest BCUT2D eigenvalue weighted by Gasteiger charge is 2.19. The van der Waals surface area contributed by atoms with Gasteiger partial charge in [0.1, 0.15) is 5.82 Å². The molecule has 3 nitrogen and oxygen atoms in total. The minimum atomic E-state index is -0.611. The van der Waals surface area contributed by atoms with Crippen molar-refractivity contribution >= 4 is 15.9 Å². The topological polar surface area (TPSA) is 27.1 Å². The second-order valence-electron chi connectivity index (χ2n) is 3.84. The first-order valence-corrected chi connectivity index (χ1v) is 5.97. The first-order valence-electron chi connectivity index (χ1n) is 5.18. The maximum absolute atomic E-state index is 14.0. The summed E-state index contributed by atoms with van der Waals surface area (Å²) in [4.78, 5) is 0. The summed E-state index contributed by atoms with van der Waals surface area (Å²) in [6.45, 7) is 1.78. The number of ether oxygens (including phenoxy) is 1. The van der Waals surface area contributed by atoms with Crippen molar-refractivity contribution in [2.24, 2.45) is 7.05 Å². The summed E-state index contributed by atoms with van der Waals surface area (Å²) in [5, 5.41) is 4.15. The first-order chi connectivity index (χ1) is 8.45. The number of methoxy groups -OCH3 is 1. The van der Waals surface area contributed by atoms with Crippen LogP contribution in [-0.2, 0) is 7.05 Å². The van der Waals surface area contributed by atoms with Gasteiger partial charge in [0.15, 0.2) is 11.6 Å². The predicted molar refractivity (Wildman–Crippen MR) is 67.5 cm³/mol. The van der Waals surface area contributed by atoms with Crippen molar-refractivity contribution in [3.63, 3.8) is 0 Å². The highest BCUT2D eigenvalue weighted by molar-refractivity contribution is 9.10. The number of aromatic nitrogens is 2. The first kappa shape index (κ1) is 13.0. The Morgan fingerprint density at radius 3 is 2.44 bits per heavy atom. The molecule has 0 aliphatic rings. The average Bonchev–Trinajstić information content (AvgIpc) is 2.56. The predicted octanol–water partition coefficient (Wildman–Crippen LogP) is 3.44. The molecule has 0 saturated carbocycles. The molecule has 1 aromatic carbocycles. The number of hydrogen-bond acceptors (Lipinski definition) is 2. The molecule has 0 saturated heterocycles. The van der Waals surface area contributed by atoms with Gasteiger partial charge in [-0.15, -0.1) is 0 Å². The van der Waals surface area contributed by atoms with Gasteiger partial charge in [-0.3, -0.25) is 4.68 Å². The zero-order valence-electron chi connectivity index (χ0n) is 10.1. The van der Waals surface area contributed by atoms with Gasteiger partial charge >= 0.3 is 0 Å². The molecule has 0 fully saturated rings. The molecule has 1 heterocycles. The van der Waals surface area contributed by atoms with Crippen LogP contribution in [0, 0.1) is 18.6 Å². The normalized spacial score (nSPS) is 10.8. The number of rotatable bonds is 2. The lowest BCUT2D eigenvalue weighted by Crippen LogP contribution is -1.98. The highest BCUT2D eigenvalue weighted by atomic mass is 79.9. The Morgan fingerprint density at radius 2 is 1.94 bits per heavy atom. The van der Waals surface area contributed by atoms with E-state index in [9.17, 15) is 8.78 Å². The van der Waals surface area contributed by atoms with Crippen LogP contribution >= 0.6 is 15.9 Å². The van der Waals surface area contributed by atoms with Gasteiger partial charge in [-0.25, -0.2) is 8.78 Å². The van der Waals surface area contributed by atoms with Crippen LogP contribution < -0.4 is 4.74 Å². The van der Waals surface area contributed by atoms with E-state index in [1.54, 1.807) is 14.0 Å². The van der Waals surface area contributed by atoms with Crippen LogP contribution in [-0.4, -0.2) is 16.9 Å². The molecule has 0 aliphatic heterocycles. The summed E-state index contributed by atoms with van der Waals surface area (Å²) in [6.07, 6.45) is 0. The van der Waals surface area contributed by atoms with Crippen molar-refractivity contribution in [3.05, 3.63) is 33.9 Å². The Morgan fingerprint density at radius 1 is 1.28 bits per heavy atom. The molecular formula is C12H11BrF2N2O. The molecule has 96 valence electrons. The third-order valence-electron chi connectivity index (χ3n) is 2.65. The summed E-state index contributed by atoms with van der Waals surface area (Å²) in [7, 11) is 2.97. The molecule has 2 aromatic rings. The molecule has 1 aromatic heterocycles. The van der Waals surface area contributed by atoms with E-state index in [-0.39, 0.29) is 11.3 Å². The number of halogens is 3. The molecule has 0 atom stereocenters. The Balaban J connectivity index is 2.68. The highest BCUT2D eigenvalue weighted by Crippen LogP contribution is 2.34. The van der Waals surface area contributed by atoms with Crippen LogP contribution in [0.15, 0.2) is 16.6 Å². The molecule has 2 rings (SSSR count). The van der Waals surface area contributed by atoms with E-state index in [0.717, 1.165) is 12.1 Å². The maximum Gasteiger partial charge on any atom is 0.165 e. The van der Waals surface area contributed by atoms with E-state index < -0.39 is 11.6 Å². The molecule has 0 radical (unpaired) electrons. The summed E-state index contributed by atoms with van der Waals surface area (Å²) in [5.74, 6) is -1.29. The van der Waals surface area contributed by atoms with Crippen LogP contribution in [0.5, 0.6) is 5.75 Å². The average molecular weight is 317 g/mol. The molecule has 18 heavy (non-hydrogen) atoms. The van der Waals surface area contributed by atoms with E-state index in [2.05, 4.69) is 21.0 Å². The van der Waals surface area contributed by atoms with Gasteiger partial charge in [-0.05, 0) is 28.9 Å². The maximum atomic E-state index is 14.0. The number of aryl methyl sites for hydroxylation is 2. The third kappa shape index (κ3) is 2.01. The van der Waals surface area contributed by atoms with E-state index in [4.69, 9.17) is 4.74 Å². The minimum absolute atomic E-state index is 0.119. The van der Waals surface area contributed by atoms with Crippen molar-refractivity contribution in [2.75, 3.05) is 7.11 Å². The quantitative estimate of drug-likeness (QED) is 0.848. The Kier molecular flexibility index (Phi) is 3.38. The lowest BCUT2D eigenvalue weighted by Gasteiger charge is -2.08. The van der Waals surface area contributed by atoms with Crippen molar-refractivity contribution in [1.29, 1.82) is 0 Å². The van der Waals surface area contributed by atoms with Crippen molar-refractivity contribution in [1.82, 2.24) is 9.78 Å². The third-order valence-corrected chi connectivity index (χ3v) is 3.60. The number of nitrogens with zero attached hydrogens (tertiary/aromatic N) is 2. The molecule has 0 unspecified atom stereocenters. The van der Waals surface area contributed by atoms with E-state index in [0.29, 0.717) is 15.9 Å². The second-order valence-corrected chi connectivity index (χ2v) is 4.63.